The second kappa shape index (κ2) is 7.78. The highest BCUT2D eigenvalue weighted by Crippen LogP contribution is 2.08. The molecule has 0 saturated carbocycles. The summed E-state index contributed by atoms with van der Waals surface area (Å²) in [6.07, 6.45) is 0. The molecule has 0 unspecified atom stereocenters. The predicted molar refractivity (Wildman–Crippen MR) is 65.7 cm³/mol. The number of nitrogens with one attached hydrogen (secondary N) is 2. The lowest BCUT2D eigenvalue weighted by molar-refractivity contribution is -0.115. The van der Waals surface area contributed by atoms with E-state index in [-0.39, 0.29) is 19.1 Å². The van der Waals surface area contributed by atoms with Crippen LogP contribution in [-0.4, -0.2) is 37.8 Å². The zero-order chi connectivity index (χ0) is 12.5. The summed E-state index contributed by atoms with van der Waals surface area (Å²) >= 11 is 0. The van der Waals surface area contributed by atoms with Crippen molar-refractivity contribution in [2.24, 2.45) is 0 Å². The van der Waals surface area contributed by atoms with Gasteiger partial charge in [-0.25, -0.2) is 0 Å². The van der Waals surface area contributed by atoms with Gasteiger partial charge in [0.05, 0.1) is 19.8 Å². The Hall–Kier alpha value is -1.43. The van der Waals surface area contributed by atoms with Crippen molar-refractivity contribution in [2.45, 2.75) is 6.61 Å². The Bertz CT molecular complexity index is 338. The van der Waals surface area contributed by atoms with Crippen LogP contribution in [0, 0.1) is 0 Å². The van der Waals surface area contributed by atoms with E-state index in [9.17, 15) is 4.79 Å². The molecule has 5 nitrogen and oxygen atoms in total. The van der Waals surface area contributed by atoms with Crippen LogP contribution in [0.2, 0.25) is 0 Å². The highest BCUT2D eigenvalue weighted by molar-refractivity contribution is 5.92. The first kappa shape index (κ1) is 13.6. The number of benzene rings is 1. The molecular weight excluding hydrogens is 220 g/mol. The van der Waals surface area contributed by atoms with Crippen LogP contribution in [0.3, 0.4) is 0 Å². The fourth-order valence-electron chi connectivity index (χ4n) is 1.27. The molecule has 17 heavy (non-hydrogen) atoms. The Kier molecular flexibility index (Phi) is 6.24. The van der Waals surface area contributed by atoms with Gasteiger partial charge in [-0.15, -0.1) is 0 Å². The first-order valence-electron chi connectivity index (χ1n) is 5.45. The van der Waals surface area contributed by atoms with Gasteiger partial charge in [0.2, 0.25) is 5.91 Å². The molecule has 0 saturated heterocycles. The molecule has 0 aliphatic carbocycles. The number of carbonyl (C=O) groups excluding carboxylic acids is 1. The number of aliphatic hydroxyl groups excluding tert-OH is 1. The summed E-state index contributed by atoms with van der Waals surface area (Å²) in [6.45, 7) is 1.49. The fraction of sp³-hybridized carbons (Fsp3) is 0.417. The Morgan fingerprint density at radius 1 is 1.35 bits per heavy atom. The van der Waals surface area contributed by atoms with E-state index in [0.717, 1.165) is 11.3 Å². The molecule has 0 fully saturated rings. The summed E-state index contributed by atoms with van der Waals surface area (Å²) in [5.74, 6) is -0.0992. The van der Waals surface area contributed by atoms with Crippen molar-refractivity contribution in [2.75, 3.05) is 32.1 Å². The average Bonchev–Trinajstić information content (AvgIpc) is 2.36. The molecule has 3 N–H and O–H groups in total. The molecule has 1 aromatic rings. The summed E-state index contributed by atoms with van der Waals surface area (Å²) in [6, 6.07) is 7.07. The van der Waals surface area contributed by atoms with Crippen molar-refractivity contribution >= 4 is 11.6 Å². The van der Waals surface area contributed by atoms with E-state index in [1.54, 1.807) is 31.4 Å². The Morgan fingerprint density at radius 2 is 2.06 bits per heavy atom. The standard InChI is InChI=1S/C12H18N2O3/c1-17-7-6-13-8-12(16)14-11-4-2-10(9-15)3-5-11/h2-5,13,15H,6-9H2,1H3,(H,14,16). The first-order valence-corrected chi connectivity index (χ1v) is 5.45. The summed E-state index contributed by atoms with van der Waals surface area (Å²) in [7, 11) is 1.62. The molecule has 0 atom stereocenters. The van der Waals surface area contributed by atoms with Gasteiger partial charge in [-0.05, 0) is 17.7 Å². The first-order chi connectivity index (χ1) is 8.26. The molecule has 0 spiro atoms. The lowest BCUT2D eigenvalue weighted by Gasteiger charge is -2.06. The van der Waals surface area contributed by atoms with Gasteiger partial charge in [0, 0.05) is 19.3 Å². The molecule has 0 radical (unpaired) electrons. The molecule has 0 aliphatic heterocycles. The maximum absolute atomic E-state index is 11.5. The maximum atomic E-state index is 11.5. The summed E-state index contributed by atoms with van der Waals surface area (Å²) < 4.78 is 4.85. The van der Waals surface area contributed by atoms with Gasteiger partial charge in [-0.2, -0.15) is 0 Å². The third kappa shape index (κ3) is 5.44. The molecule has 94 valence electrons. The van der Waals surface area contributed by atoms with E-state index in [2.05, 4.69) is 10.6 Å². The molecule has 0 bridgehead atoms. The topological polar surface area (TPSA) is 70.6 Å². The molecular formula is C12H18N2O3. The van der Waals surface area contributed by atoms with Crippen LogP contribution < -0.4 is 10.6 Å². The third-order valence-corrected chi connectivity index (χ3v) is 2.19. The lowest BCUT2D eigenvalue weighted by atomic mass is 10.2. The summed E-state index contributed by atoms with van der Waals surface area (Å²) in [4.78, 5) is 11.5. The molecule has 1 rings (SSSR count). The van der Waals surface area contributed by atoms with Gasteiger partial charge < -0.3 is 20.5 Å². The van der Waals surface area contributed by atoms with Crippen LogP contribution in [0.25, 0.3) is 0 Å². The Balaban J connectivity index is 2.29. The van der Waals surface area contributed by atoms with E-state index < -0.39 is 0 Å². The number of carbonyl (C=O) groups is 1. The van der Waals surface area contributed by atoms with E-state index in [0.29, 0.717) is 13.2 Å². The highest BCUT2D eigenvalue weighted by Gasteiger charge is 2.01. The van der Waals surface area contributed by atoms with Crippen molar-refractivity contribution in [3.05, 3.63) is 29.8 Å². The highest BCUT2D eigenvalue weighted by atomic mass is 16.5. The van der Waals surface area contributed by atoms with Crippen LogP contribution in [0.1, 0.15) is 5.56 Å². The van der Waals surface area contributed by atoms with Crippen molar-refractivity contribution < 1.29 is 14.6 Å². The average molecular weight is 238 g/mol. The van der Waals surface area contributed by atoms with Gasteiger partial charge in [-0.3, -0.25) is 4.79 Å². The van der Waals surface area contributed by atoms with Gasteiger partial charge in [0.25, 0.3) is 0 Å². The number of hydrogen-bond acceptors (Lipinski definition) is 4. The second-order valence-electron chi connectivity index (χ2n) is 3.57. The molecule has 0 aliphatic rings. The van der Waals surface area contributed by atoms with Gasteiger partial charge in [0.1, 0.15) is 0 Å². The zero-order valence-corrected chi connectivity index (χ0v) is 9.90. The lowest BCUT2D eigenvalue weighted by Crippen LogP contribution is -2.30. The second-order valence-corrected chi connectivity index (χ2v) is 3.57. The molecule has 1 aromatic carbocycles. The van der Waals surface area contributed by atoms with Gasteiger partial charge in [0.15, 0.2) is 0 Å². The van der Waals surface area contributed by atoms with Crippen LogP contribution >= 0.6 is 0 Å². The maximum Gasteiger partial charge on any atom is 0.238 e. The molecule has 0 heterocycles. The van der Waals surface area contributed by atoms with Crippen molar-refractivity contribution in [1.29, 1.82) is 0 Å². The number of hydrogen-bond donors (Lipinski definition) is 3. The molecule has 0 aromatic heterocycles. The smallest absolute Gasteiger partial charge is 0.238 e. The molecule has 1 amide bonds. The van der Waals surface area contributed by atoms with Crippen LogP contribution in [0.15, 0.2) is 24.3 Å². The fourth-order valence-corrected chi connectivity index (χ4v) is 1.27. The monoisotopic (exact) mass is 238 g/mol. The van der Waals surface area contributed by atoms with Crippen LogP contribution in [0.4, 0.5) is 5.69 Å². The number of anilines is 1. The minimum Gasteiger partial charge on any atom is -0.392 e. The van der Waals surface area contributed by atoms with E-state index >= 15 is 0 Å². The van der Waals surface area contributed by atoms with Crippen LogP contribution in [0.5, 0.6) is 0 Å². The van der Waals surface area contributed by atoms with Crippen molar-refractivity contribution in [1.82, 2.24) is 5.32 Å². The largest absolute Gasteiger partial charge is 0.392 e. The number of methoxy groups -OCH3 is 1. The quantitative estimate of drug-likeness (QED) is 0.600. The third-order valence-electron chi connectivity index (χ3n) is 2.19. The summed E-state index contributed by atoms with van der Waals surface area (Å²) in [5.41, 5.74) is 1.54. The van der Waals surface area contributed by atoms with Gasteiger partial charge >= 0.3 is 0 Å². The minimum atomic E-state index is -0.0992. The van der Waals surface area contributed by atoms with E-state index in [1.165, 1.54) is 0 Å². The van der Waals surface area contributed by atoms with E-state index in [4.69, 9.17) is 9.84 Å². The van der Waals surface area contributed by atoms with Crippen molar-refractivity contribution in [3.63, 3.8) is 0 Å². The van der Waals surface area contributed by atoms with E-state index in [1.807, 2.05) is 0 Å². The number of aliphatic hydroxyl groups is 1. The number of rotatable bonds is 7. The number of amides is 1. The van der Waals surface area contributed by atoms with Crippen LogP contribution in [-0.2, 0) is 16.1 Å². The Morgan fingerprint density at radius 3 is 2.65 bits per heavy atom. The number of ether oxygens (including phenoxy) is 1. The van der Waals surface area contributed by atoms with Gasteiger partial charge in [-0.1, -0.05) is 12.1 Å². The summed E-state index contributed by atoms with van der Waals surface area (Å²) in [5, 5.41) is 14.6. The van der Waals surface area contributed by atoms with Crippen molar-refractivity contribution in [3.8, 4) is 0 Å². The normalized spacial score (nSPS) is 10.2. The molecule has 5 heteroatoms. The predicted octanol–water partition coefficient (Wildman–Crippen LogP) is 0.353. The Labute approximate surface area is 101 Å². The minimum absolute atomic E-state index is 0.00675. The SMILES string of the molecule is COCCNCC(=O)Nc1ccc(CO)cc1. The zero-order valence-electron chi connectivity index (χ0n) is 9.90.